The first-order chi connectivity index (χ1) is 20.8. The minimum Gasteiger partial charge on any atom is -0.381 e. The van der Waals surface area contributed by atoms with Gasteiger partial charge in [0.05, 0.1) is 16.9 Å². The minimum absolute atomic E-state index is 0.0178. The normalized spacial score (nSPS) is 18.2. The van der Waals surface area contributed by atoms with Crippen molar-refractivity contribution in [3.05, 3.63) is 76.4 Å². The van der Waals surface area contributed by atoms with E-state index in [1.54, 1.807) is 22.8 Å². The van der Waals surface area contributed by atoms with Crippen LogP contribution in [-0.2, 0) is 22.6 Å². The molecule has 10 heteroatoms. The van der Waals surface area contributed by atoms with Crippen molar-refractivity contribution in [3.8, 4) is 6.07 Å². The molecule has 43 heavy (non-hydrogen) atoms. The SMILES string of the molecule is C=CCCCCn1c(=O)c(C2(C#N)CCOCC2)cc2c(NC(C)c3cccc(C(F)(F)C4CCNCC4)c3)ncnc21. The number of alkyl halides is 2. The highest BCUT2D eigenvalue weighted by atomic mass is 19.3. The van der Waals surface area contributed by atoms with E-state index in [-0.39, 0.29) is 17.2 Å². The van der Waals surface area contributed by atoms with Crippen LogP contribution in [0.5, 0.6) is 0 Å². The number of nitriles is 1. The van der Waals surface area contributed by atoms with Crippen molar-refractivity contribution in [1.82, 2.24) is 19.9 Å². The molecular weight excluding hydrogens is 550 g/mol. The molecule has 2 N–H and O–H groups in total. The summed E-state index contributed by atoms with van der Waals surface area (Å²) in [6.07, 6.45) is 7.43. The molecule has 0 amide bonds. The number of hydrogen-bond donors (Lipinski definition) is 2. The molecule has 0 saturated carbocycles. The maximum atomic E-state index is 15.5. The van der Waals surface area contributed by atoms with Gasteiger partial charge < -0.3 is 15.4 Å². The third kappa shape index (κ3) is 6.34. The molecule has 4 heterocycles. The lowest BCUT2D eigenvalue weighted by molar-refractivity contribution is -0.0754. The molecular formula is C33H40F2N6O2. The topological polar surface area (TPSA) is 105 Å². The molecule has 1 unspecified atom stereocenters. The summed E-state index contributed by atoms with van der Waals surface area (Å²) in [5.41, 5.74) is 0.421. The van der Waals surface area contributed by atoms with E-state index >= 15 is 8.78 Å². The average molecular weight is 591 g/mol. The number of rotatable bonds is 11. The van der Waals surface area contributed by atoms with E-state index < -0.39 is 17.3 Å². The van der Waals surface area contributed by atoms with Crippen LogP contribution in [-0.4, -0.2) is 40.8 Å². The summed E-state index contributed by atoms with van der Waals surface area (Å²) in [5, 5.41) is 17.5. The van der Waals surface area contributed by atoms with Crippen LogP contribution >= 0.6 is 0 Å². The van der Waals surface area contributed by atoms with Gasteiger partial charge in [0.2, 0.25) is 0 Å². The van der Waals surface area contributed by atoms with Crippen molar-refractivity contribution >= 4 is 16.9 Å². The van der Waals surface area contributed by atoms with Gasteiger partial charge in [-0.05, 0) is 82.7 Å². The number of aromatic nitrogens is 3. The summed E-state index contributed by atoms with van der Waals surface area (Å²) in [6.45, 7) is 8.12. The smallest absolute Gasteiger partial charge is 0.276 e. The van der Waals surface area contributed by atoms with Crippen molar-refractivity contribution in [2.75, 3.05) is 31.6 Å². The Kier molecular flexibility index (Phi) is 9.52. The summed E-state index contributed by atoms with van der Waals surface area (Å²) < 4.78 is 38.2. The van der Waals surface area contributed by atoms with Crippen LogP contribution in [0.25, 0.3) is 11.0 Å². The molecule has 5 rings (SSSR count). The number of benzene rings is 1. The Morgan fingerprint density at radius 3 is 2.74 bits per heavy atom. The van der Waals surface area contributed by atoms with Crippen molar-refractivity contribution in [2.24, 2.45) is 5.92 Å². The maximum Gasteiger partial charge on any atom is 0.276 e. The monoisotopic (exact) mass is 590 g/mol. The second kappa shape index (κ2) is 13.3. The first kappa shape index (κ1) is 30.8. The van der Waals surface area contributed by atoms with Crippen LogP contribution in [0.4, 0.5) is 14.6 Å². The van der Waals surface area contributed by atoms with Crippen molar-refractivity contribution in [3.63, 3.8) is 0 Å². The molecule has 2 aliphatic heterocycles. The summed E-state index contributed by atoms with van der Waals surface area (Å²) in [4.78, 5) is 22.9. The molecule has 2 saturated heterocycles. The number of anilines is 1. The van der Waals surface area contributed by atoms with E-state index in [0.717, 1.165) is 19.3 Å². The predicted octanol–water partition coefficient (Wildman–Crippen LogP) is 5.98. The standard InChI is InChI=1S/C33H40F2N6O2/c1-3-4-5-6-16-41-30-27(20-28(31(41)42)32(21-36)12-17-43-18-13-32)29(38-22-39-30)40-23(2)24-8-7-9-26(19-24)33(34,35)25-10-14-37-15-11-25/h3,7-9,19-20,22-23,25,37H,1,4-6,10-18H2,2H3,(H,38,39,40). The second-order valence-electron chi connectivity index (χ2n) is 11.7. The molecule has 0 radical (unpaired) electrons. The van der Waals surface area contributed by atoms with Crippen LogP contribution in [0.2, 0.25) is 0 Å². The number of unbranched alkanes of at least 4 members (excludes halogenated alkanes) is 2. The van der Waals surface area contributed by atoms with Crippen molar-refractivity contribution < 1.29 is 13.5 Å². The first-order valence-corrected chi connectivity index (χ1v) is 15.2. The number of nitrogens with one attached hydrogen (secondary N) is 2. The summed E-state index contributed by atoms with van der Waals surface area (Å²) in [5.74, 6) is -3.14. The molecule has 2 aromatic heterocycles. The fraction of sp³-hybridized carbons (Fsp3) is 0.515. The van der Waals surface area contributed by atoms with Gasteiger partial charge in [0, 0.05) is 42.8 Å². The molecule has 0 spiro atoms. The first-order valence-electron chi connectivity index (χ1n) is 15.2. The number of aryl methyl sites for hydroxylation is 1. The zero-order valence-electron chi connectivity index (χ0n) is 24.7. The van der Waals surface area contributed by atoms with E-state index in [1.165, 1.54) is 12.4 Å². The maximum absolute atomic E-state index is 15.5. The molecule has 8 nitrogen and oxygen atoms in total. The van der Waals surface area contributed by atoms with Gasteiger partial charge in [0.25, 0.3) is 11.5 Å². The van der Waals surface area contributed by atoms with Crippen LogP contribution in [0.1, 0.15) is 74.6 Å². The zero-order chi connectivity index (χ0) is 30.5. The average Bonchev–Trinajstić information content (AvgIpc) is 3.04. The van der Waals surface area contributed by atoms with Gasteiger partial charge in [0.15, 0.2) is 0 Å². The fourth-order valence-corrected chi connectivity index (χ4v) is 6.29. The fourth-order valence-electron chi connectivity index (χ4n) is 6.29. The number of nitrogens with zero attached hydrogens (tertiary/aromatic N) is 4. The predicted molar refractivity (Wildman–Crippen MR) is 163 cm³/mol. The zero-order valence-corrected chi connectivity index (χ0v) is 24.7. The summed E-state index contributed by atoms with van der Waals surface area (Å²) in [7, 11) is 0. The highest BCUT2D eigenvalue weighted by molar-refractivity contribution is 5.87. The number of allylic oxidation sites excluding steroid dienone is 1. The minimum atomic E-state index is -2.93. The number of pyridine rings is 1. The summed E-state index contributed by atoms with van der Waals surface area (Å²) in [6, 6.07) is 10.4. The number of ether oxygens (including phenoxy) is 1. The van der Waals surface area contributed by atoms with Crippen LogP contribution in [0, 0.1) is 17.2 Å². The van der Waals surface area contributed by atoms with Gasteiger partial charge in [-0.3, -0.25) is 9.36 Å². The van der Waals surface area contributed by atoms with Gasteiger partial charge in [-0.25, -0.2) is 18.7 Å². The van der Waals surface area contributed by atoms with E-state index in [2.05, 4.69) is 33.2 Å². The number of piperidine rings is 1. The number of hydrogen-bond acceptors (Lipinski definition) is 7. The Bertz CT molecular complexity index is 1540. The third-order valence-electron chi connectivity index (χ3n) is 8.98. The van der Waals surface area contributed by atoms with Gasteiger partial charge >= 0.3 is 0 Å². The number of halogens is 2. The molecule has 3 aromatic rings. The van der Waals surface area contributed by atoms with Crippen molar-refractivity contribution in [2.45, 2.75) is 75.8 Å². The van der Waals surface area contributed by atoms with Crippen molar-refractivity contribution in [1.29, 1.82) is 5.26 Å². The molecule has 2 aliphatic rings. The second-order valence-corrected chi connectivity index (χ2v) is 11.7. The van der Waals surface area contributed by atoms with Gasteiger partial charge in [-0.1, -0.05) is 24.3 Å². The van der Waals surface area contributed by atoms with Gasteiger partial charge in [-0.15, -0.1) is 6.58 Å². The molecule has 1 atom stereocenters. The molecule has 1 aromatic carbocycles. The largest absolute Gasteiger partial charge is 0.381 e. The Labute approximate surface area is 251 Å². The van der Waals surface area contributed by atoms with Gasteiger partial charge in [-0.2, -0.15) is 5.26 Å². The van der Waals surface area contributed by atoms with Crippen LogP contribution in [0.15, 0.2) is 54.1 Å². The Morgan fingerprint density at radius 2 is 2.02 bits per heavy atom. The Hall–Kier alpha value is -3.68. The Balaban J connectivity index is 1.52. The van der Waals surface area contributed by atoms with E-state index in [1.807, 2.05) is 19.1 Å². The molecule has 0 aliphatic carbocycles. The van der Waals surface area contributed by atoms with Gasteiger partial charge in [0.1, 0.15) is 17.8 Å². The molecule has 2 fully saturated rings. The van der Waals surface area contributed by atoms with Crippen LogP contribution in [0.3, 0.4) is 0 Å². The molecule has 228 valence electrons. The highest BCUT2D eigenvalue weighted by Gasteiger charge is 2.42. The van der Waals surface area contributed by atoms with E-state index in [9.17, 15) is 10.1 Å². The third-order valence-corrected chi connectivity index (χ3v) is 8.98. The lowest BCUT2D eigenvalue weighted by Gasteiger charge is -2.31. The van der Waals surface area contributed by atoms with Crippen LogP contribution < -0.4 is 16.2 Å². The quantitative estimate of drug-likeness (QED) is 0.209. The molecule has 0 bridgehead atoms. The summed E-state index contributed by atoms with van der Waals surface area (Å²) >= 11 is 0. The number of fused-ring (bicyclic) bond motifs is 1. The van der Waals surface area contributed by atoms with E-state index in [4.69, 9.17) is 4.74 Å². The Morgan fingerprint density at radius 1 is 1.26 bits per heavy atom. The lowest BCUT2D eigenvalue weighted by atomic mass is 9.75. The van der Waals surface area contributed by atoms with E-state index in [0.29, 0.717) is 86.5 Å². The highest BCUT2D eigenvalue weighted by Crippen LogP contribution is 2.41. The lowest BCUT2D eigenvalue weighted by Crippen LogP contribution is -2.39.